The molecule has 1 aromatic carbocycles. The van der Waals surface area contributed by atoms with Crippen molar-refractivity contribution in [2.45, 2.75) is 33.3 Å². The van der Waals surface area contributed by atoms with Crippen molar-refractivity contribution in [1.29, 1.82) is 0 Å². The Morgan fingerprint density at radius 2 is 2.00 bits per heavy atom. The van der Waals surface area contributed by atoms with Crippen molar-refractivity contribution in [3.8, 4) is 0 Å². The molecule has 0 heterocycles. The maximum absolute atomic E-state index is 10.2. The van der Waals surface area contributed by atoms with Crippen LogP contribution in [0.15, 0.2) is 24.3 Å². The first-order chi connectivity index (χ1) is 8.02. The standard InChI is InChI=1S/C15H25NO/c1-5-12(2)10-16(4)11-15(17)14-8-6-7-13(3)9-14/h6-9,12,15,17H,5,10-11H2,1-4H3. The van der Waals surface area contributed by atoms with E-state index < -0.39 is 0 Å². The maximum Gasteiger partial charge on any atom is 0.0916 e. The summed E-state index contributed by atoms with van der Waals surface area (Å²) in [5.74, 6) is 0.685. The van der Waals surface area contributed by atoms with Gasteiger partial charge in [0.05, 0.1) is 6.10 Å². The summed E-state index contributed by atoms with van der Waals surface area (Å²) in [6.45, 7) is 8.25. The molecule has 0 aromatic heterocycles. The van der Waals surface area contributed by atoms with E-state index in [1.165, 1.54) is 12.0 Å². The van der Waals surface area contributed by atoms with Crippen LogP contribution in [0, 0.1) is 12.8 Å². The van der Waals surface area contributed by atoms with E-state index in [4.69, 9.17) is 0 Å². The van der Waals surface area contributed by atoms with E-state index in [9.17, 15) is 5.11 Å². The summed E-state index contributed by atoms with van der Waals surface area (Å²) in [4.78, 5) is 2.21. The molecule has 0 spiro atoms. The van der Waals surface area contributed by atoms with Gasteiger partial charge in [-0.3, -0.25) is 0 Å². The zero-order valence-electron chi connectivity index (χ0n) is 11.5. The minimum absolute atomic E-state index is 0.385. The Bertz CT molecular complexity index is 337. The molecule has 17 heavy (non-hydrogen) atoms. The van der Waals surface area contributed by atoms with Crippen molar-refractivity contribution in [2.75, 3.05) is 20.1 Å². The molecule has 0 aliphatic heterocycles. The minimum Gasteiger partial charge on any atom is -0.387 e. The molecule has 1 rings (SSSR count). The van der Waals surface area contributed by atoms with Gasteiger partial charge in [-0.2, -0.15) is 0 Å². The first kappa shape index (κ1) is 14.2. The van der Waals surface area contributed by atoms with Crippen LogP contribution in [0.5, 0.6) is 0 Å². The van der Waals surface area contributed by atoms with Crippen LogP contribution in [0.2, 0.25) is 0 Å². The lowest BCUT2D eigenvalue weighted by Crippen LogP contribution is -2.28. The maximum atomic E-state index is 10.2. The van der Waals surface area contributed by atoms with Gasteiger partial charge < -0.3 is 10.0 Å². The van der Waals surface area contributed by atoms with Gasteiger partial charge in [0.25, 0.3) is 0 Å². The highest BCUT2D eigenvalue weighted by atomic mass is 16.3. The van der Waals surface area contributed by atoms with Gasteiger partial charge in [-0.1, -0.05) is 50.1 Å². The highest BCUT2D eigenvalue weighted by molar-refractivity contribution is 5.24. The van der Waals surface area contributed by atoms with Crippen LogP contribution in [-0.2, 0) is 0 Å². The second-order valence-corrected chi connectivity index (χ2v) is 5.16. The molecule has 0 amide bonds. The SMILES string of the molecule is CCC(C)CN(C)CC(O)c1cccc(C)c1. The summed E-state index contributed by atoms with van der Waals surface area (Å²) in [7, 11) is 2.07. The summed E-state index contributed by atoms with van der Waals surface area (Å²) in [6, 6.07) is 8.11. The molecule has 0 aliphatic carbocycles. The van der Waals surface area contributed by atoms with Gasteiger partial charge in [0.1, 0.15) is 0 Å². The number of hydrogen-bond acceptors (Lipinski definition) is 2. The van der Waals surface area contributed by atoms with E-state index in [0.29, 0.717) is 12.5 Å². The van der Waals surface area contributed by atoms with E-state index in [-0.39, 0.29) is 6.10 Å². The van der Waals surface area contributed by atoms with Crippen LogP contribution in [0.4, 0.5) is 0 Å². The van der Waals surface area contributed by atoms with Crippen molar-refractivity contribution < 1.29 is 5.11 Å². The molecule has 0 saturated heterocycles. The molecule has 0 bridgehead atoms. The predicted octanol–water partition coefficient (Wildman–Crippen LogP) is 3.01. The highest BCUT2D eigenvalue weighted by Gasteiger charge is 2.12. The molecule has 96 valence electrons. The molecule has 2 unspecified atom stereocenters. The first-order valence-electron chi connectivity index (χ1n) is 6.46. The van der Waals surface area contributed by atoms with Crippen molar-refractivity contribution in [1.82, 2.24) is 4.90 Å². The fraction of sp³-hybridized carbons (Fsp3) is 0.600. The summed E-state index contributed by atoms with van der Waals surface area (Å²) in [5, 5.41) is 10.2. The van der Waals surface area contributed by atoms with Crippen molar-refractivity contribution in [3.63, 3.8) is 0 Å². The van der Waals surface area contributed by atoms with Gasteiger partial charge in [0.2, 0.25) is 0 Å². The number of benzene rings is 1. The lowest BCUT2D eigenvalue weighted by molar-refractivity contribution is 0.119. The van der Waals surface area contributed by atoms with Crippen LogP contribution >= 0.6 is 0 Å². The summed E-state index contributed by atoms with van der Waals surface area (Å²) in [5.41, 5.74) is 2.21. The number of likely N-dealkylation sites (N-methyl/N-ethyl adjacent to an activating group) is 1. The third-order valence-electron chi connectivity index (χ3n) is 3.23. The van der Waals surface area contributed by atoms with Crippen LogP contribution in [-0.4, -0.2) is 30.1 Å². The van der Waals surface area contributed by atoms with Gasteiger partial charge in [0.15, 0.2) is 0 Å². The quantitative estimate of drug-likeness (QED) is 0.819. The molecule has 1 N–H and O–H groups in total. The zero-order chi connectivity index (χ0) is 12.8. The normalized spacial score (nSPS) is 14.9. The Hall–Kier alpha value is -0.860. The molecular weight excluding hydrogens is 210 g/mol. The van der Waals surface area contributed by atoms with Crippen LogP contribution in [0.1, 0.15) is 37.5 Å². The number of rotatable bonds is 6. The Labute approximate surface area is 105 Å². The summed E-state index contributed by atoms with van der Waals surface area (Å²) < 4.78 is 0. The largest absolute Gasteiger partial charge is 0.387 e. The van der Waals surface area contributed by atoms with Crippen molar-refractivity contribution in [3.05, 3.63) is 35.4 Å². The fourth-order valence-electron chi connectivity index (χ4n) is 2.01. The Morgan fingerprint density at radius 1 is 1.29 bits per heavy atom. The van der Waals surface area contributed by atoms with E-state index in [0.717, 1.165) is 12.1 Å². The molecule has 1 aromatic rings. The Morgan fingerprint density at radius 3 is 2.59 bits per heavy atom. The van der Waals surface area contributed by atoms with Crippen molar-refractivity contribution >= 4 is 0 Å². The summed E-state index contributed by atoms with van der Waals surface area (Å²) >= 11 is 0. The van der Waals surface area contributed by atoms with Crippen LogP contribution < -0.4 is 0 Å². The summed E-state index contributed by atoms with van der Waals surface area (Å²) in [6.07, 6.45) is 0.800. The second-order valence-electron chi connectivity index (χ2n) is 5.16. The molecule has 2 heteroatoms. The molecular formula is C15H25NO. The lowest BCUT2D eigenvalue weighted by atomic mass is 10.1. The van der Waals surface area contributed by atoms with Crippen molar-refractivity contribution in [2.24, 2.45) is 5.92 Å². The highest BCUT2D eigenvalue weighted by Crippen LogP contribution is 2.16. The average Bonchev–Trinajstić information content (AvgIpc) is 2.28. The second kappa shape index (κ2) is 6.77. The number of aryl methyl sites for hydroxylation is 1. The zero-order valence-corrected chi connectivity index (χ0v) is 11.5. The van der Waals surface area contributed by atoms with Gasteiger partial charge in [-0.05, 0) is 25.5 Å². The predicted molar refractivity (Wildman–Crippen MR) is 73.1 cm³/mol. The topological polar surface area (TPSA) is 23.5 Å². The van der Waals surface area contributed by atoms with Gasteiger partial charge in [-0.25, -0.2) is 0 Å². The van der Waals surface area contributed by atoms with E-state index >= 15 is 0 Å². The molecule has 0 aliphatic rings. The van der Waals surface area contributed by atoms with Crippen LogP contribution in [0.3, 0.4) is 0 Å². The molecule has 0 saturated carbocycles. The number of aliphatic hydroxyl groups is 1. The minimum atomic E-state index is -0.385. The van der Waals surface area contributed by atoms with Gasteiger partial charge in [0, 0.05) is 13.1 Å². The average molecular weight is 235 g/mol. The number of aliphatic hydroxyl groups excluding tert-OH is 1. The Kier molecular flexibility index (Phi) is 5.66. The van der Waals surface area contributed by atoms with E-state index in [1.54, 1.807) is 0 Å². The molecule has 0 radical (unpaired) electrons. The smallest absolute Gasteiger partial charge is 0.0916 e. The third kappa shape index (κ3) is 4.88. The van der Waals surface area contributed by atoms with Crippen LogP contribution in [0.25, 0.3) is 0 Å². The third-order valence-corrected chi connectivity index (χ3v) is 3.23. The number of nitrogens with zero attached hydrogens (tertiary/aromatic N) is 1. The Balaban J connectivity index is 2.51. The van der Waals surface area contributed by atoms with Gasteiger partial charge in [-0.15, -0.1) is 0 Å². The molecule has 0 fully saturated rings. The van der Waals surface area contributed by atoms with E-state index in [2.05, 4.69) is 44.9 Å². The first-order valence-corrected chi connectivity index (χ1v) is 6.46. The van der Waals surface area contributed by atoms with E-state index in [1.807, 2.05) is 12.1 Å². The van der Waals surface area contributed by atoms with Gasteiger partial charge >= 0.3 is 0 Å². The molecule has 2 nitrogen and oxygen atoms in total. The molecule has 2 atom stereocenters. The lowest BCUT2D eigenvalue weighted by Gasteiger charge is -2.23. The monoisotopic (exact) mass is 235 g/mol. The number of hydrogen-bond donors (Lipinski definition) is 1. The fourth-order valence-corrected chi connectivity index (χ4v) is 2.01.